The molecule has 0 atom stereocenters. The van der Waals surface area contributed by atoms with E-state index in [0.717, 1.165) is 0 Å². The molecule has 1 rings (SSSR count). The quantitative estimate of drug-likeness (QED) is 0.348. The van der Waals surface area contributed by atoms with E-state index in [1.54, 1.807) is 0 Å². The molecule has 0 aliphatic rings. The van der Waals surface area contributed by atoms with E-state index >= 15 is 0 Å². The first-order valence-corrected chi connectivity index (χ1v) is 10.00. The van der Waals surface area contributed by atoms with E-state index in [4.69, 9.17) is 24.7 Å². The number of phenols is 1. The third-order valence-electron chi connectivity index (χ3n) is 2.05. The minimum atomic E-state index is -5.15. The van der Waals surface area contributed by atoms with Gasteiger partial charge in [0.1, 0.15) is 12.4 Å². The van der Waals surface area contributed by atoms with Gasteiger partial charge in [-0.2, -0.15) is 24.9 Å². The van der Waals surface area contributed by atoms with Gasteiger partial charge >= 0.3 is 16.0 Å². The Morgan fingerprint density at radius 3 is 2.14 bits per heavy atom. The van der Waals surface area contributed by atoms with Crippen LogP contribution in [0.15, 0.2) is 29.2 Å². The van der Waals surface area contributed by atoms with E-state index in [0.29, 0.717) is 0 Å². The fourth-order valence-electron chi connectivity index (χ4n) is 1.22. The third kappa shape index (κ3) is 7.00. The summed E-state index contributed by atoms with van der Waals surface area (Å²) in [6, 6.07) is 4.99. The van der Waals surface area contributed by atoms with Gasteiger partial charge < -0.3 is 14.9 Å². The molecule has 1 aromatic carbocycles. The van der Waals surface area contributed by atoms with Crippen LogP contribution in [0.25, 0.3) is 0 Å². The maximum Gasteiger partial charge on any atom is 0.580 e. The fraction of sp³-hybridized carbons (Fsp3) is 0.250. The summed E-state index contributed by atoms with van der Waals surface area (Å²) in [6.45, 7) is -0.635. The SMILES string of the molecule is O=P(O)(O)O[P+](O)(O)OCCS(O)(O)c1ccc(O)cc1. The first kappa shape index (κ1) is 18.8. The lowest BCUT2D eigenvalue weighted by molar-refractivity contribution is 0.153. The van der Waals surface area contributed by atoms with Gasteiger partial charge in [0.2, 0.25) is 0 Å². The predicted octanol–water partition coefficient (Wildman–Crippen LogP) is 1.29. The monoisotopic (exact) mass is 365 g/mol. The van der Waals surface area contributed by atoms with Crippen LogP contribution < -0.4 is 0 Å². The minimum absolute atomic E-state index is 0.0732. The Labute approximate surface area is 121 Å². The van der Waals surface area contributed by atoms with Gasteiger partial charge in [-0.3, -0.25) is 9.11 Å². The molecule has 0 radical (unpaired) electrons. The Morgan fingerprint density at radius 2 is 1.67 bits per heavy atom. The summed E-state index contributed by atoms with van der Waals surface area (Å²) < 4.78 is 38.1. The molecule has 0 unspecified atom stereocenters. The molecule has 0 spiro atoms. The minimum Gasteiger partial charge on any atom is -0.508 e. The lowest BCUT2D eigenvalue weighted by atomic mass is 10.3. The highest BCUT2D eigenvalue weighted by Crippen LogP contribution is 2.63. The lowest BCUT2D eigenvalue weighted by Gasteiger charge is -2.31. The number of phenolic OH excluding ortho intramolecular Hbond substituents is 1. The normalized spacial score (nSPS) is 14.2. The van der Waals surface area contributed by atoms with Gasteiger partial charge in [-0.25, -0.2) is 4.57 Å². The Bertz CT molecular complexity index is 512. The van der Waals surface area contributed by atoms with E-state index in [1.165, 1.54) is 24.3 Å². The van der Waals surface area contributed by atoms with Gasteiger partial charge in [0.05, 0.1) is 10.6 Å². The second-order valence-corrected chi connectivity index (χ2v) is 8.85. The molecule has 0 aliphatic carbocycles. The average Bonchev–Trinajstić information content (AvgIpc) is 2.25. The van der Waals surface area contributed by atoms with Crippen molar-refractivity contribution in [3.8, 4) is 5.75 Å². The van der Waals surface area contributed by atoms with Gasteiger partial charge in [0, 0.05) is 0 Å². The van der Waals surface area contributed by atoms with E-state index in [2.05, 4.69) is 8.83 Å². The average molecular weight is 365 g/mol. The van der Waals surface area contributed by atoms with Crippen molar-refractivity contribution in [2.45, 2.75) is 4.90 Å². The molecular weight excluding hydrogens is 350 g/mol. The van der Waals surface area contributed by atoms with Gasteiger partial charge in [-0.15, -0.1) is 0 Å². The zero-order chi connectivity index (χ0) is 16.3. The van der Waals surface area contributed by atoms with Crippen LogP contribution in [0.4, 0.5) is 0 Å². The highest BCUT2D eigenvalue weighted by molar-refractivity contribution is 8.24. The summed E-state index contributed by atoms with van der Waals surface area (Å²) in [5.41, 5.74) is 0. The highest BCUT2D eigenvalue weighted by Gasteiger charge is 2.48. The molecule has 122 valence electrons. The van der Waals surface area contributed by atoms with Crippen molar-refractivity contribution in [2.24, 2.45) is 0 Å². The van der Waals surface area contributed by atoms with Crippen molar-refractivity contribution in [3.63, 3.8) is 0 Å². The first-order valence-electron chi connectivity index (χ1n) is 5.22. The molecule has 0 heterocycles. The Morgan fingerprint density at radius 1 is 1.14 bits per heavy atom. The van der Waals surface area contributed by atoms with Gasteiger partial charge in [0.15, 0.2) is 0 Å². The van der Waals surface area contributed by atoms with Crippen LogP contribution in [0.3, 0.4) is 0 Å². The standard InChI is InChI=1S/C8H14O10P2S/c9-7-1-3-8(4-2-7)21(15,16)6-5-17-20(13,14)18-19(10,11)12/h1-4,13-14H,5-6H2,(H4-,9,10,11,12,15,16)/p+1. The molecule has 0 saturated heterocycles. The van der Waals surface area contributed by atoms with Crippen molar-refractivity contribution in [1.29, 1.82) is 0 Å². The molecule has 0 saturated carbocycles. The van der Waals surface area contributed by atoms with Gasteiger partial charge in [-0.05, 0) is 28.6 Å². The zero-order valence-electron chi connectivity index (χ0n) is 10.4. The van der Waals surface area contributed by atoms with Crippen molar-refractivity contribution < 1.29 is 47.2 Å². The molecule has 0 aliphatic heterocycles. The summed E-state index contributed by atoms with van der Waals surface area (Å²) in [5, 5.41) is 9.08. The van der Waals surface area contributed by atoms with Crippen molar-refractivity contribution in [1.82, 2.24) is 0 Å². The van der Waals surface area contributed by atoms with Gasteiger partial charge in [-0.1, -0.05) is 0 Å². The first-order chi connectivity index (χ1) is 9.41. The van der Waals surface area contributed by atoms with Crippen LogP contribution in [-0.4, -0.2) is 46.1 Å². The van der Waals surface area contributed by atoms with Crippen LogP contribution >= 0.6 is 26.6 Å². The summed E-state index contributed by atoms with van der Waals surface area (Å²) in [4.78, 5) is 35.1. The highest BCUT2D eigenvalue weighted by atomic mass is 32.3. The summed E-state index contributed by atoms with van der Waals surface area (Å²) >= 11 is 0. The molecule has 0 bridgehead atoms. The van der Waals surface area contributed by atoms with Crippen molar-refractivity contribution in [3.05, 3.63) is 24.3 Å². The topological polar surface area (TPSA) is 177 Å². The number of rotatable bonds is 7. The number of hydrogen-bond acceptors (Lipinski definition) is 8. The fourth-order valence-corrected chi connectivity index (χ4v) is 4.09. The molecule has 21 heavy (non-hydrogen) atoms. The molecule has 10 nitrogen and oxygen atoms in total. The maximum atomic E-state index is 10.4. The van der Waals surface area contributed by atoms with Crippen LogP contribution in [-0.2, 0) is 13.4 Å². The second-order valence-electron chi connectivity index (χ2n) is 3.76. The summed E-state index contributed by atoms with van der Waals surface area (Å²) in [5.74, 6) is -0.540. The Hall–Kier alpha value is -0.290. The molecule has 0 aromatic heterocycles. The van der Waals surface area contributed by atoms with Crippen LogP contribution in [0, 0.1) is 0 Å². The molecular formula is C8H15O10P2S+. The van der Waals surface area contributed by atoms with E-state index < -0.39 is 38.9 Å². The van der Waals surface area contributed by atoms with Crippen LogP contribution in [0.5, 0.6) is 5.75 Å². The van der Waals surface area contributed by atoms with Crippen molar-refractivity contribution in [2.75, 3.05) is 12.4 Å². The molecule has 0 fully saturated rings. The van der Waals surface area contributed by atoms with Gasteiger partial charge in [0.25, 0.3) is 0 Å². The number of hydrogen-bond donors (Lipinski definition) is 7. The maximum absolute atomic E-state index is 10.4. The summed E-state index contributed by atoms with van der Waals surface area (Å²) in [7, 11) is -13.2. The number of benzene rings is 1. The summed E-state index contributed by atoms with van der Waals surface area (Å²) in [6.07, 6.45) is 0. The molecule has 1 aromatic rings. The Kier molecular flexibility index (Phi) is 6.13. The zero-order valence-corrected chi connectivity index (χ0v) is 13.0. The molecule has 13 heteroatoms. The van der Waals surface area contributed by atoms with E-state index in [1.807, 2.05) is 0 Å². The lowest BCUT2D eigenvalue weighted by Crippen LogP contribution is -2.11. The van der Waals surface area contributed by atoms with Crippen molar-refractivity contribution >= 4 is 26.6 Å². The van der Waals surface area contributed by atoms with E-state index in [-0.39, 0.29) is 10.6 Å². The smallest absolute Gasteiger partial charge is 0.508 e. The molecule has 0 amide bonds. The second kappa shape index (κ2) is 6.86. The third-order valence-corrected chi connectivity index (χ3v) is 6.04. The predicted molar refractivity (Wildman–Crippen MR) is 74.5 cm³/mol. The Balaban J connectivity index is 2.58. The van der Waals surface area contributed by atoms with Crippen LogP contribution in [0.2, 0.25) is 0 Å². The van der Waals surface area contributed by atoms with E-state index in [9.17, 15) is 13.7 Å². The number of aromatic hydroxyl groups is 1. The number of phosphoric acid groups is 1. The largest absolute Gasteiger partial charge is 0.580 e. The van der Waals surface area contributed by atoms with Crippen LogP contribution in [0.1, 0.15) is 0 Å². The molecule has 7 N–H and O–H groups in total.